The lowest BCUT2D eigenvalue weighted by molar-refractivity contribution is 0.0535. The van der Waals surface area contributed by atoms with Crippen molar-refractivity contribution in [1.29, 1.82) is 0 Å². The Kier molecular flexibility index (Phi) is 2.80. The summed E-state index contributed by atoms with van der Waals surface area (Å²) in [7, 11) is 0. The second-order valence-corrected chi connectivity index (χ2v) is 6.11. The first kappa shape index (κ1) is 14.7. The van der Waals surface area contributed by atoms with Crippen LogP contribution in [0.25, 0.3) is 21.9 Å². The summed E-state index contributed by atoms with van der Waals surface area (Å²) in [6, 6.07) is 7.79. The maximum absolute atomic E-state index is 12.3. The van der Waals surface area contributed by atoms with Crippen LogP contribution >= 0.6 is 0 Å². The van der Waals surface area contributed by atoms with Crippen LogP contribution in [-0.2, 0) is 11.3 Å². The standard InChI is InChI=1S/C19H12O7/c20-12-4-9-10(5-13(12)21)18(22)11-6-24-19(23)17(11)16(9)8-1-2-14-15(3-8)26-7-25-14/h1-5,20-22H,6-7H2. The molecule has 0 atom stereocenters. The van der Waals surface area contributed by atoms with Gasteiger partial charge in [-0.15, -0.1) is 0 Å². The van der Waals surface area contributed by atoms with E-state index in [0.29, 0.717) is 39.0 Å². The van der Waals surface area contributed by atoms with Crippen molar-refractivity contribution in [1.82, 2.24) is 0 Å². The van der Waals surface area contributed by atoms with Gasteiger partial charge in [-0.25, -0.2) is 4.79 Å². The first-order valence-corrected chi connectivity index (χ1v) is 7.85. The highest BCUT2D eigenvalue weighted by atomic mass is 16.7. The number of fused-ring (bicyclic) bond motifs is 3. The van der Waals surface area contributed by atoms with E-state index in [9.17, 15) is 20.1 Å². The third kappa shape index (κ3) is 1.85. The SMILES string of the molecule is O=C1OCc2c1c(-c1ccc3c(c1)OCO3)c1cc(O)c(O)cc1c2O. The number of hydrogen-bond acceptors (Lipinski definition) is 7. The number of cyclic esters (lactones) is 1. The number of esters is 1. The van der Waals surface area contributed by atoms with Crippen molar-refractivity contribution in [2.75, 3.05) is 6.79 Å². The molecule has 0 saturated carbocycles. The number of phenolic OH excluding ortho intramolecular Hbond substituents is 3. The van der Waals surface area contributed by atoms with E-state index in [-0.39, 0.29) is 36.2 Å². The summed E-state index contributed by atoms with van der Waals surface area (Å²) < 4.78 is 15.8. The highest BCUT2D eigenvalue weighted by Gasteiger charge is 2.32. The lowest BCUT2D eigenvalue weighted by atomic mass is 9.89. The van der Waals surface area contributed by atoms with Crippen molar-refractivity contribution in [2.24, 2.45) is 0 Å². The van der Waals surface area contributed by atoms with Crippen LogP contribution < -0.4 is 9.47 Å². The molecule has 0 bridgehead atoms. The summed E-state index contributed by atoms with van der Waals surface area (Å²) in [6.45, 7) is 0.0546. The van der Waals surface area contributed by atoms with Crippen LogP contribution in [0, 0.1) is 0 Å². The third-order valence-electron chi connectivity index (χ3n) is 4.69. The summed E-state index contributed by atoms with van der Waals surface area (Å²) in [5, 5.41) is 31.1. The van der Waals surface area contributed by atoms with Crippen molar-refractivity contribution in [2.45, 2.75) is 6.61 Å². The number of carbonyl (C=O) groups is 1. The van der Waals surface area contributed by atoms with Gasteiger partial charge >= 0.3 is 5.97 Å². The number of rotatable bonds is 1. The fraction of sp³-hybridized carbons (Fsp3) is 0.105. The summed E-state index contributed by atoms with van der Waals surface area (Å²) in [4.78, 5) is 12.3. The molecule has 2 aliphatic rings. The largest absolute Gasteiger partial charge is 0.507 e. The van der Waals surface area contributed by atoms with Gasteiger partial charge in [-0.2, -0.15) is 0 Å². The maximum atomic E-state index is 12.3. The molecule has 2 heterocycles. The first-order chi connectivity index (χ1) is 12.5. The highest BCUT2D eigenvalue weighted by Crippen LogP contribution is 2.48. The van der Waals surface area contributed by atoms with Crippen LogP contribution in [0.5, 0.6) is 28.7 Å². The van der Waals surface area contributed by atoms with Gasteiger partial charge in [0.1, 0.15) is 12.4 Å². The van der Waals surface area contributed by atoms with Crippen molar-refractivity contribution >= 4 is 16.7 Å². The molecule has 2 aliphatic heterocycles. The summed E-state index contributed by atoms with van der Waals surface area (Å²) in [5.41, 5.74) is 1.71. The average Bonchev–Trinajstić information content (AvgIpc) is 3.24. The molecule has 0 radical (unpaired) electrons. The molecule has 7 heteroatoms. The second-order valence-electron chi connectivity index (χ2n) is 6.11. The minimum Gasteiger partial charge on any atom is -0.507 e. The molecule has 3 aromatic rings. The van der Waals surface area contributed by atoms with Crippen molar-refractivity contribution in [3.63, 3.8) is 0 Å². The van der Waals surface area contributed by atoms with E-state index in [1.54, 1.807) is 18.2 Å². The molecule has 0 spiro atoms. The molecule has 3 aromatic carbocycles. The summed E-state index contributed by atoms with van der Waals surface area (Å²) in [6.07, 6.45) is 0. The van der Waals surface area contributed by atoms with Gasteiger partial charge in [0.05, 0.1) is 5.56 Å². The monoisotopic (exact) mass is 352 g/mol. The number of phenols is 3. The number of ether oxygens (including phenoxy) is 3. The van der Waals surface area contributed by atoms with E-state index in [0.717, 1.165) is 0 Å². The smallest absolute Gasteiger partial charge is 0.339 e. The molecular weight excluding hydrogens is 340 g/mol. The van der Waals surface area contributed by atoms with E-state index in [2.05, 4.69) is 0 Å². The van der Waals surface area contributed by atoms with Gasteiger partial charge in [-0.05, 0) is 35.2 Å². The third-order valence-corrected chi connectivity index (χ3v) is 4.69. The minimum atomic E-state index is -0.558. The highest BCUT2D eigenvalue weighted by molar-refractivity contribution is 6.13. The van der Waals surface area contributed by atoms with Crippen LogP contribution in [-0.4, -0.2) is 28.1 Å². The molecule has 0 aromatic heterocycles. The number of aromatic hydroxyl groups is 3. The number of hydrogen-bond donors (Lipinski definition) is 3. The zero-order valence-electron chi connectivity index (χ0n) is 13.3. The average molecular weight is 352 g/mol. The number of benzene rings is 3. The first-order valence-electron chi connectivity index (χ1n) is 7.85. The predicted molar refractivity (Wildman–Crippen MR) is 89.6 cm³/mol. The van der Waals surface area contributed by atoms with Crippen molar-refractivity contribution < 1.29 is 34.3 Å². The molecule has 0 amide bonds. The van der Waals surface area contributed by atoms with E-state index in [1.165, 1.54) is 12.1 Å². The Balaban J connectivity index is 1.92. The van der Waals surface area contributed by atoms with Crippen LogP contribution in [0.15, 0.2) is 30.3 Å². The Morgan fingerprint density at radius 2 is 1.54 bits per heavy atom. The molecule has 130 valence electrons. The fourth-order valence-corrected chi connectivity index (χ4v) is 3.47. The molecule has 0 fully saturated rings. The van der Waals surface area contributed by atoms with E-state index >= 15 is 0 Å². The van der Waals surface area contributed by atoms with Crippen molar-refractivity contribution in [3.8, 4) is 39.9 Å². The van der Waals surface area contributed by atoms with Gasteiger partial charge in [-0.3, -0.25) is 0 Å². The molecule has 0 unspecified atom stereocenters. The van der Waals surface area contributed by atoms with Gasteiger partial charge < -0.3 is 29.5 Å². The molecule has 7 nitrogen and oxygen atoms in total. The summed E-state index contributed by atoms with van der Waals surface area (Å²) >= 11 is 0. The normalized spacial score (nSPS) is 14.5. The molecule has 0 aliphatic carbocycles. The molecule has 26 heavy (non-hydrogen) atoms. The Morgan fingerprint density at radius 3 is 2.35 bits per heavy atom. The van der Waals surface area contributed by atoms with E-state index in [1.807, 2.05) is 0 Å². The lowest BCUT2D eigenvalue weighted by Gasteiger charge is -2.14. The zero-order chi connectivity index (χ0) is 18.0. The molecule has 5 rings (SSSR count). The van der Waals surface area contributed by atoms with Crippen molar-refractivity contribution in [3.05, 3.63) is 41.5 Å². The predicted octanol–water partition coefficient (Wildman–Crippen LogP) is 3.02. The number of carbonyl (C=O) groups excluding carboxylic acids is 1. The van der Waals surface area contributed by atoms with Gasteiger partial charge in [0.25, 0.3) is 0 Å². The van der Waals surface area contributed by atoms with Gasteiger partial charge in [0, 0.05) is 16.5 Å². The Hall–Kier alpha value is -3.61. The van der Waals surface area contributed by atoms with E-state index in [4.69, 9.17) is 14.2 Å². The molecular formula is C19H12O7. The fourth-order valence-electron chi connectivity index (χ4n) is 3.47. The molecule has 3 N–H and O–H groups in total. The van der Waals surface area contributed by atoms with Gasteiger partial charge in [0.15, 0.2) is 23.0 Å². The van der Waals surface area contributed by atoms with Crippen LogP contribution in [0.4, 0.5) is 0 Å². The maximum Gasteiger partial charge on any atom is 0.339 e. The van der Waals surface area contributed by atoms with Gasteiger partial charge in [0.2, 0.25) is 6.79 Å². The zero-order valence-corrected chi connectivity index (χ0v) is 13.3. The Morgan fingerprint density at radius 1 is 0.808 bits per heavy atom. The lowest BCUT2D eigenvalue weighted by Crippen LogP contribution is -1.99. The molecule has 0 saturated heterocycles. The van der Waals surface area contributed by atoms with Gasteiger partial charge in [-0.1, -0.05) is 6.07 Å². The second kappa shape index (κ2) is 4.95. The minimum absolute atomic E-state index is 0.0604. The van der Waals surface area contributed by atoms with Crippen LogP contribution in [0.1, 0.15) is 15.9 Å². The quantitative estimate of drug-likeness (QED) is 0.457. The van der Waals surface area contributed by atoms with Crippen LogP contribution in [0.2, 0.25) is 0 Å². The van der Waals surface area contributed by atoms with Crippen LogP contribution in [0.3, 0.4) is 0 Å². The Bertz CT molecular complexity index is 1120. The van der Waals surface area contributed by atoms with E-state index < -0.39 is 5.97 Å². The Labute approximate surface area is 146 Å². The summed E-state index contributed by atoms with van der Waals surface area (Å²) in [5.74, 6) is -0.304. The topological polar surface area (TPSA) is 105 Å².